The van der Waals surface area contributed by atoms with Gasteiger partial charge in [-0.3, -0.25) is 14.3 Å². The van der Waals surface area contributed by atoms with Crippen molar-refractivity contribution in [3.05, 3.63) is 59.7 Å². The third kappa shape index (κ3) is 6.66. The van der Waals surface area contributed by atoms with Crippen LogP contribution < -0.4 is 15.4 Å². The molecule has 2 amide bonds. The van der Waals surface area contributed by atoms with Crippen molar-refractivity contribution < 1.29 is 19.4 Å². The van der Waals surface area contributed by atoms with Crippen molar-refractivity contribution in [3.8, 4) is 17.1 Å². The lowest BCUT2D eigenvalue weighted by atomic mass is 9.86. The molecule has 4 rings (SSSR count). The van der Waals surface area contributed by atoms with Crippen LogP contribution in [0.2, 0.25) is 0 Å². The lowest BCUT2D eigenvalue weighted by Gasteiger charge is -2.28. The van der Waals surface area contributed by atoms with Gasteiger partial charge in [-0.1, -0.05) is 12.1 Å². The summed E-state index contributed by atoms with van der Waals surface area (Å²) < 4.78 is 7.07. The van der Waals surface area contributed by atoms with Crippen molar-refractivity contribution in [1.82, 2.24) is 30.4 Å². The number of ether oxygens (including phenoxy) is 1. The van der Waals surface area contributed by atoms with Gasteiger partial charge in [0.05, 0.1) is 7.11 Å². The first-order chi connectivity index (χ1) is 17.4. The molecular weight excluding hydrogens is 460 g/mol. The van der Waals surface area contributed by atoms with Crippen LogP contribution in [0.15, 0.2) is 42.7 Å². The molecular formula is C26H32N6O4. The minimum absolute atomic E-state index is 0.125. The molecule has 0 atom stereocenters. The minimum atomic E-state index is -0.470. The van der Waals surface area contributed by atoms with Crippen LogP contribution in [0.3, 0.4) is 0 Å². The summed E-state index contributed by atoms with van der Waals surface area (Å²) in [5.74, 6) is 1.14. The van der Waals surface area contributed by atoms with Crippen molar-refractivity contribution in [1.29, 1.82) is 0 Å². The van der Waals surface area contributed by atoms with Crippen LogP contribution in [0.4, 0.5) is 0 Å². The van der Waals surface area contributed by atoms with Crippen LogP contribution >= 0.6 is 0 Å². The second-order valence-corrected chi connectivity index (χ2v) is 9.15. The van der Waals surface area contributed by atoms with Crippen LogP contribution in [0, 0.1) is 12.8 Å². The highest BCUT2D eigenvalue weighted by Gasteiger charge is 2.23. The normalized spacial score (nSPS) is 17.4. The van der Waals surface area contributed by atoms with Gasteiger partial charge < -0.3 is 20.5 Å². The van der Waals surface area contributed by atoms with Gasteiger partial charge in [-0.05, 0) is 68.4 Å². The summed E-state index contributed by atoms with van der Waals surface area (Å²) in [6.45, 7) is 2.47. The highest BCUT2D eigenvalue weighted by Crippen LogP contribution is 2.26. The Morgan fingerprint density at radius 3 is 2.72 bits per heavy atom. The summed E-state index contributed by atoms with van der Waals surface area (Å²) in [4.78, 5) is 33.0. The molecule has 1 aromatic carbocycles. The van der Waals surface area contributed by atoms with Gasteiger partial charge in [-0.25, -0.2) is 9.97 Å². The largest absolute Gasteiger partial charge is 0.497 e. The summed E-state index contributed by atoms with van der Waals surface area (Å²) in [5.41, 5.74) is 2.69. The van der Waals surface area contributed by atoms with Gasteiger partial charge in [0, 0.05) is 30.4 Å². The van der Waals surface area contributed by atoms with E-state index < -0.39 is 6.61 Å². The lowest BCUT2D eigenvalue weighted by molar-refractivity contribution is -0.124. The van der Waals surface area contributed by atoms with Crippen molar-refractivity contribution in [3.63, 3.8) is 0 Å². The number of carbonyl (C=O) groups excluding carboxylic acids is 2. The van der Waals surface area contributed by atoms with E-state index in [1.165, 1.54) is 0 Å². The third-order valence-corrected chi connectivity index (χ3v) is 6.37. The van der Waals surface area contributed by atoms with E-state index in [9.17, 15) is 9.59 Å². The number of aliphatic hydroxyl groups is 1. The second-order valence-electron chi connectivity index (χ2n) is 9.15. The quantitative estimate of drug-likeness (QED) is 0.417. The molecule has 3 N–H and O–H groups in total. The zero-order valence-electron chi connectivity index (χ0n) is 20.6. The molecule has 0 saturated heterocycles. The number of carbonyl (C=O) groups is 2. The molecule has 1 fully saturated rings. The van der Waals surface area contributed by atoms with Crippen molar-refractivity contribution >= 4 is 11.8 Å². The molecule has 1 aliphatic carbocycles. The van der Waals surface area contributed by atoms with Gasteiger partial charge in [0.2, 0.25) is 5.91 Å². The summed E-state index contributed by atoms with van der Waals surface area (Å²) in [6, 6.07) is 11.2. The first kappa shape index (κ1) is 25.3. The number of benzene rings is 1. The molecule has 0 radical (unpaired) electrons. The number of rotatable bonds is 9. The van der Waals surface area contributed by atoms with Crippen molar-refractivity contribution in [2.75, 3.05) is 13.7 Å². The number of aryl methyl sites for hydroxylation is 1. The molecule has 0 spiro atoms. The maximum atomic E-state index is 12.8. The predicted molar refractivity (Wildman–Crippen MR) is 133 cm³/mol. The van der Waals surface area contributed by atoms with Gasteiger partial charge in [-0.2, -0.15) is 5.10 Å². The van der Waals surface area contributed by atoms with Gasteiger partial charge >= 0.3 is 0 Å². The topological polar surface area (TPSA) is 131 Å². The average Bonchev–Trinajstić information content (AvgIpc) is 3.36. The molecule has 0 aliphatic heterocycles. The van der Waals surface area contributed by atoms with Gasteiger partial charge in [-0.15, -0.1) is 0 Å². The SMILES string of the molecule is COc1cccc(CNC(=O)c2cc(-c3ncn(CC4CCC(NC(=O)CO)CC4)n3)cc(C)n2)c1. The molecule has 0 bridgehead atoms. The van der Waals surface area contributed by atoms with E-state index >= 15 is 0 Å². The fourth-order valence-electron chi connectivity index (χ4n) is 4.51. The highest BCUT2D eigenvalue weighted by atomic mass is 16.5. The first-order valence-electron chi connectivity index (χ1n) is 12.1. The van der Waals surface area contributed by atoms with E-state index in [1.54, 1.807) is 19.5 Å². The summed E-state index contributed by atoms with van der Waals surface area (Å²) in [7, 11) is 1.61. The van der Waals surface area contributed by atoms with Crippen LogP contribution in [-0.4, -0.2) is 56.4 Å². The maximum absolute atomic E-state index is 12.8. The molecule has 2 heterocycles. The average molecular weight is 493 g/mol. The number of nitrogens with one attached hydrogen (secondary N) is 2. The van der Waals surface area contributed by atoms with Gasteiger partial charge in [0.1, 0.15) is 24.4 Å². The smallest absolute Gasteiger partial charge is 0.270 e. The van der Waals surface area contributed by atoms with Crippen LogP contribution in [0.1, 0.15) is 47.4 Å². The summed E-state index contributed by atoms with van der Waals surface area (Å²) in [5, 5.41) is 19.3. The molecule has 10 nitrogen and oxygen atoms in total. The molecule has 10 heteroatoms. The highest BCUT2D eigenvalue weighted by molar-refractivity contribution is 5.93. The van der Waals surface area contributed by atoms with E-state index in [0.29, 0.717) is 29.7 Å². The van der Waals surface area contributed by atoms with E-state index in [4.69, 9.17) is 9.84 Å². The standard InChI is InChI=1S/C26H32N6O4/c1-17-10-20(12-23(29-17)26(35)27-13-19-4-3-5-22(11-19)36-2)25-28-16-32(31-25)14-18-6-8-21(9-7-18)30-24(34)15-33/h3-5,10-12,16,18,21,33H,6-9,13-15H2,1-2H3,(H,27,35)(H,30,34). The Bertz CT molecular complexity index is 1200. The Morgan fingerprint density at radius 2 is 1.97 bits per heavy atom. The fourth-order valence-corrected chi connectivity index (χ4v) is 4.51. The van der Waals surface area contributed by atoms with Gasteiger partial charge in [0.25, 0.3) is 5.91 Å². The number of nitrogens with zero attached hydrogens (tertiary/aromatic N) is 4. The molecule has 1 aliphatic rings. The Labute approximate surface area is 210 Å². The predicted octanol–water partition coefficient (Wildman–Crippen LogP) is 2.25. The Kier molecular flexibility index (Phi) is 8.27. The zero-order chi connectivity index (χ0) is 25.5. The van der Waals surface area contributed by atoms with Crippen LogP contribution in [0.5, 0.6) is 5.75 Å². The Morgan fingerprint density at radius 1 is 1.17 bits per heavy atom. The molecule has 36 heavy (non-hydrogen) atoms. The first-order valence-corrected chi connectivity index (χ1v) is 12.1. The van der Waals surface area contributed by atoms with E-state index in [0.717, 1.165) is 49.1 Å². The number of hydrogen-bond acceptors (Lipinski definition) is 7. The van der Waals surface area contributed by atoms with Crippen molar-refractivity contribution in [2.24, 2.45) is 5.92 Å². The van der Waals surface area contributed by atoms with Crippen LogP contribution in [-0.2, 0) is 17.9 Å². The molecule has 3 aromatic rings. The fraction of sp³-hybridized carbons (Fsp3) is 0.423. The Balaban J connectivity index is 1.36. The number of methoxy groups -OCH3 is 1. The molecule has 190 valence electrons. The number of pyridine rings is 1. The second kappa shape index (κ2) is 11.8. The van der Waals surface area contributed by atoms with E-state index in [-0.39, 0.29) is 17.9 Å². The van der Waals surface area contributed by atoms with Crippen LogP contribution in [0.25, 0.3) is 11.4 Å². The molecule has 1 saturated carbocycles. The van der Waals surface area contributed by atoms with E-state index in [1.807, 2.05) is 41.9 Å². The number of aromatic nitrogens is 4. The maximum Gasteiger partial charge on any atom is 0.270 e. The molecule has 0 unspecified atom stereocenters. The third-order valence-electron chi connectivity index (χ3n) is 6.37. The summed E-state index contributed by atoms with van der Waals surface area (Å²) >= 11 is 0. The monoisotopic (exact) mass is 492 g/mol. The molecule has 2 aromatic heterocycles. The Hall–Kier alpha value is -3.79. The zero-order valence-corrected chi connectivity index (χ0v) is 20.6. The minimum Gasteiger partial charge on any atom is -0.497 e. The van der Waals surface area contributed by atoms with E-state index in [2.05, 4.69) is 25.7 Å². The number of aliphatic hydroxyl groups excluding tert-OH is 1. The summed E-state index contributed by atoms with van der Waals surface area (Å²) in [6.07, 6.45) is 5.42. The number of amides is 2. The van der Waals surface area contributed by atoms with Crippen molar-refractivity contribution in [2.45, 2.75) is 51.7 Å². The lowest BCUT2D eigenvalue weighted by Crippen LogP contribution is -2.39. The van der Waals surface area contributed by atoms with Gasteiger partial charge in [0.15, 0.2) is 5.82 Å². The number of hydrogen-bond donors (Lipinski definition) is 3.